The summed E-state index contributed by atoms with van der Waals surface area (Å²) >= 11 is 0. The van der Waals surface area contributed by atoms with Crippen molar-refractivity contribution in [1.82, 2.24) is 9.97 Å². The van der Waals surface area contributed by atoms with Crippen LogP contribution in [0.25, 0.3) is 11.1 Å². The lowest BCUT2D eigenvalue weighted by Gasteiger charge is -2.09. The summed E-state index contributed by atoms with van der Waals surface area (Å²) in [7, 11) is 0. The van der Waals surface area contributed by atoms with Gasteiger partial charge in [0.05, 0.1) is 12.8 Å². The third kappa shape index (κ3) is 2.32. The van der Waals surface area contributed by atoms with Crippen molar-refractivity contribution in [2.24, 2.45) is 4.99 Å². The topological polar surface area (TPSA) is 75.3 Å². The number of furan rings is 1. The highest BCUT2D eigenvalue weighted by atomic mass is 16.3. The van der Waals surface area contributed by atoms with E-state index in [2.05, 4.69) is 37.7 Å². The average Bonchev–Trinajstić information content (AvgIpc) is 3.06. The van der Waals surface area contributed by atoms with Crippen LogP contribution in [0.4, 0.5) is 17.5 Å². The summed E-state index contributed by atoms with van der Waals surface area (Å²) < 4.78 is 5.51. The van der Waals surface area contributed by atoms with E-state index in [4.69, 9.17) is 4.42 Å². The molecule has 1 aromatic carbocycles. The Bertz CT molecular complexity index is 926. The predicted molar refractivity (Wildman–Crippen MR) is 89.5 cm³/mol. The van der Waals surface area contributed by atoms with Gasteiger partial charge in [0.1, 0.15) is 5.52 Å². The van der Waals surface area contributed by atoms with E-state index in [9.17, 15) is 0 Å². The van der Waals surface area contributed by atoms with Crippen LogP contribution in [-0.2, 0) is 6.54 Å². The van der Waals surface area contributed by atoms with Gasteiger partial charge in [-0.3, -0.25) is 4.99 Å². The molecule has 0 spiro atoms. The molecule has 5 rings (SSSR count). The molecule has 1 aliphatic carbocycles. The third-order valence-corrected chi connectivity index (χ3v) is 4.12. The minimum atomic E-state index is 0.502. The van der Waals surface area contributed by atoms with Crippen LogP contribution in [0.5, 0.6) is 0 Å². The van der Waals surface area contributed by atoms with Gasteiger partial charge in [0.15, 0.2) is 11.4 Å². The first-order valence-electron chi connectivity index (χ1n) is 7.77. The highest BCUT2D eigenvalue weighted by Crippen LogP contribution is 2.30. The quantitative estimate of drug-likeness (QED) is 0.772. The summed E-state index contributed by atoms with van der Waals surface area (Å²) in [6, 6.07) is 8.55. The van der Waals surface area contributed by atoms with E-state index in [-0.39, 0.29) is 0 Å². The second-order valence-electron chi connectivity index (χ2n) is 5.96. The summed E-state index contributed by atoms with van der Waals surface area (Å²) in [6.45, 7) is 0.766. The molecule has 0 saturated heterocycles. The van der Waals surface area contributed by atoms with Crippen LogP contribution in [0.1, 0.15) is 24.0 Å². The van der Waals surface area contributed by atoms with Crippen LogP contribution < -0.4 is 10.6 Å². The summed E-state index contributed by atoms with van der Waals surface area (Å²) in [5.74, 6) is 1.32. The lowest BCUT2D eigenvalue weighted by Crippen LogP contribution is -2.06. The minimum absolute atomic E-state index is 0.502. The van der Waals surface area contributed by atoms with Crippen molar-refractivity contribution in [3.05, 3.63) is 41.7 Å². The first-order valence-corrected chi connectivity index (χ1v) is 7.77. The second kappa shape index (κ2) is 4.81. The highest BCUT2D eigenvalue weighted by Gasteiger charge is 2.23. The Morgan fingerprint density at radius 2 is 2.09 bits per heavy atom. The number of hydrogen-bond donors (Lipinski definition) is 2. The van der Waals surface area contributed by atoms with Gasteiger partial charge >= 0.3 is 0 Å². The molecule has 3 heterocycles. The molecule has 6 nitrogen and oxygen atoms in total. The van der Waals surface area contributed by atoms with Crippen LogP contribution in [0, 0.1) is 0 Å². The Morgan fingerprint density at radius 3 is 3.00 bits per heavy atom. The average molecular weight is 305 g/mol. The van der Waals surface area contributed by atoms with E-state index in [0.29, 0.717) is 17.6 Å². The second-order valence-corrected chi connectivity index (χ2v) is 5.96. The van der Waals surface area contributed by atoms with Crippen LogP contribution in [-0.4, -0.2) is 22.2 Å². The number of nitrogens with zero attached hydrogens (tertiary/aromatic N) is 3. The molecular formula is C17H15N5O. The number of fused-ring (bicyclic) bond motifs is 2. The predicted octanol–water partition coefficient (Wildman–Crippen LogP) is 3.47. The van der Waals surface area contributed by atoms with Crippen molar-refractivity contribution in [1.29, 1.82) is 0 Å². The van der Waals surface area contributed by atoms with Gasteiger partial charge in [-0.2, -0.15) is 4.98 Å². The molecule has 6 heteroatoms. The van der Waals surface area contributed by atoms with Crippen LogP contribution in [0.15, 0.2) is 39.9 Å². The number of aliphatic imine (C=N–C) groups is 1. The van der Waals surface area contributed by atoms with E-state index in [1.165, 1.54) is 18.4 Å². The van der Waals surface area contributed by atoms with Gasteiger partial charge in [-0.25, -0.2) is 4.98 Å². The number of nitrogens with one attached hydrogen (secondary N) is 2. The van der Waals surface area contributed by atoms with Gasteiger partial charge in [-0.15, -0.1) is 0 Å². The molecule has 0 atom stereocenters. The number of aromatic nitrogens is 2. The smallest absolute Gasteiger partial charge is 0.229 e. The molecule has 0 bridgehead atoms. The van der Waals surface area contributed by atoms with E-state index in [1.807, 2.05) is 18.3 Å². The Kier molecular flexibility index (Phi) is 2.64. The van der Waals surface area contributed by atoms with Crippen molar-refractivity contribution < 1.29 is 4.42 Å². The zero-order chi connectivity index (χ0) is 15.2. The Hall–Kier alpha value is -2.89. The molecule has 0 amide bonds. The third-order valence-electron chi connectivity index (χ3n) is 4.12. The van der Waals surface area contributed by atoms with Gasteiger partial charge < -0.3 is 15.1 Å². The standard InChI is InChI=1S/C17H15N5O/c1-2-13(7-11-9-18-8-10(1)11)20-17-21-14-5-6-23-15(14)16(22-17)19-12-3-4-12/h1-2,5-7,9,12H,3-4,8H2,(H2,19,20,21,22). The molecule has 0 unspecified atom stereocenters. The van der Waals surface area contributed by atoms with Crippen molar-refractivity contribution in [3.8, 4) is 0 Å². The molecular weight excluding hydrogens is 290 g/mol. The number of anilines is 3. The lowest BCUT2D eigenvalue weighted by molar-refractivity contribution is 0.614. The maximum atomic E-state index is 5.51. The molecule has 3 aromatic rings. The SMILES string of the molecule is C1=NCc2ccc(Nc3nc(NC4CC4)c4occc4n3)cc21. The first-order chi connectivity index (χ1) is 11.3. The van der Waals surface area contributed by atoms with Gasteiger partial charge in [-0.05, 0) is 36.1 Å². The fourth-order valence-electron chi connectivity index (χ4n) is 2.75. The van der Waals surface area contributed by atoms with Gasteiger partial charge in [0, 0.05) is 24.0 Å². The number of rotatable bonds is 4. The van der Waals surface area contributed by atoms with Crippen molar-refractivity contribution >= 4 is 34.8 Å². The molecule has 2 aliphatic rings. The van der Waals surface area contributed by atoms with Gasteiger partial charge in [-0.1, -0.05) is 6.07 Å². The monoisotopic (exact) mass is 305 g/mol. The number of hydrogen-bond acceptors (Lipinski definition) is 6. The maximum absolute atomic E-state index is 5.51. The Balaban J connectivity index is 1.50. The first kappa shape index (κ1) is 12.6. The molecule has 114 valence electrons. The summed E-state index contributed by atoms with van der Waals surface area (Å²) in [4.78, 5) is 13.4. The molecule has 1 saturated carbocycles. The fraction of sp³-hybridized carbons (Fsp3) is 0.235. The van der Waals surface area contributed by atoms with Gasteiger partial charge in [0.25, 0.3) is 0 Å². The van der Waals surface area contributed by atoms with Crippen molar-refractivity contribution in [2.75, 3.05) is 10.6 Å². The lowest BCUT2D eigenvalue weighted by atomic mass is 10.1. The zero-order valence-electron chi connectivity index (χ0n) is 12.4. The normalized spacial score (nSPS) is 15.8. The summed E-state index contributed by atoms with van der Waals surface area (Å²) in [6.07, 6.45) is 5.91. The molecule has 2 aromatic heterocycles. The highest BCUT2D eigenvalue weighted by molar-refractivity contribution is 5.87. The maximum Gasteiger partial charge on any atom is 0.229 e. The van der Waals surface area contributed by atoms with E-state index < -0.39 is 0 Å². The largest absolute Gasteiger partial charge is 0.459 e. The minimum Gasteiger partial charge on any atom is -0.459 e. The van der Waals surface area contributed by atoms with E-state index in [0.717, 1.165) is 29.1 Å². The molecule has 23 heavy (non-hydrogen) atoms. The van der Waals surface area contributed by atoms with E-state index in [1.54, 1.807) is 6.26 Å². The Labute approximate surface area is 132 Å². The fourth-order valence-corrected chi connectivity index (χ4v) is 2.75. The molecule has 1 aliphatic heterocycles. The van der Waals surface area contributed by atoms with Crippen molar-refractivity contribution in [3.63, 3.8) is 0 Å². The van der Waals surface area contributed by atoms with E-state index >= 15 is 0 Å². The molecule has 2 N–H and O–H groups in total. The number of benzene rings is 1. The molecule has 0 radical (unpaired) electrons. The zero-order valence-corrected chi connectivity index (χ0v) is 12.4. The molecule has 1 fully saturated rings. The van der Waals surface area contributed by atoms with Gasteiger partial charge in [0.2, 0.25) is 5.95 Å². The summed E-state index contributed by atoms with van der Waals surface area (Å²) in [5.41, 5.74) is 4.86. The Morgan fingerprint density at radius 1 is 1.13 bits per heavy atom. The van der Waals surface area contributed by atoms with Crippen LogP contribution >= 0.6 is 0 Å². The van der Waals surface area contributed by atoms with Crippen molar-refractivity contribution in [2.45, 2.75) is 25.4 Å². The van der Waals surface area contributed by atoms with Crippen LogP contribution in [0.3, 0.4) is 0 Å². The summed E-state index contributed by atoms with van der Waals surface area (Å²) in [5, 5.41) is 6.69. The van der Waals surface area contributed by atoms with Crippen LogP contribution in [0.2, 0.25) is 0 Å².